The summed E-state index contributed by atoms with van der Waals surface area (Å²) in [5.41, 5.74) is 8.87. The van der Waals surface area contributed by atoms with Crippen LogP contribution in [0.4, 0.5) is 11.6 Å². The lowest BCUT2D eigenvalue weighted by atomic mass is 10.4. The van der Waals surface area contributed by atoms with Crippen LogP contribution in [0.15, 0.2) is 12.4 Å². The van der Waals surface area contributed by atoms with Crippen LogP contribution in [0.3, 0.4) is 0 Å². The topological polar surface area (TPSA) is 70.3 Å². The van der Waals surface area contributed by atoms with Gasteiger partial charge in [0.1, 0.15) is 0 Å². The number of hydrogen-bond acceptors (Lipinski definition) is 6. The third kappa shape index (κ3) is 2.54. The molecule has 0 saturated carbocycles. The van der Waals surface area contributed by atoms with Crippen LogP contribution in [0.2, 0.25) is 0 Å². The molecule has 1 aliphatic heterocycles. The van der Waals surface area contributed by atoms with E-state index in [-0.39, 0.29) is 0 Å². The number of nitrogens with one attached hydrogen (secondary N) is 1. The van der Waals surface area contributed by atoms with Crippen LogP contribution in [0.5, 0.6) is 0 Å². The van der Waals surface area contributed by atoms with E-state index in [0.29, 0.717) is 11.6 Å². The maximum absolute atomic E-state index is 5.69. The average molecular weight is 208 g/mol. The lowest BCUT2D eigenvalue weighted by Crippen LogP contribution is -2.47. The Bertz CT molecular complexity index is 320. The van der Waals surface area contributed by atoms with E-state index in [1.807, 2.05) is 0 Å². The molecule has 1 aromatic heterocycles. The Labute approximate surface area is 89.1 Å². The zero-order chi connectivity index (χ0) is 10.7. The molecule has 1 fully saturated rings. The Morgan fingerprint density at radius 3 is 2.53 bits per heavy atom. The van der Waals surface area contributed by atoms with Crippen molar-refractivity contribution in [2.75, 3.05) is 44.4 Å². The van der Waals surface area contributed by atoms with Gasteiger partial charge in [-0.3, -0.25) is 5.43 Å². The van der Waals surface area contributed by atoms with Crippen molar-refractivity contribution in [1.82, 2.24) is 19.9 Å². The minimum Gasteiger partial charge on any atom is -0.381 e. The van der Waals surface area contributed by atoms with Crippen molar-refractivity contribution in [2.45, 2.75) is 0 Å². The smallest absolute Gasteiger partial charge is 0.183 e. The van der Waals surface area contributed by atoms with Crippen molar-refractivity contribution >= 4 is 11.6 Å². The summed E-state index contributed by atoms with van der Waals surface area (Å²) in [6.45, 7) is 4.03. The zero-order valence-corrected chi connectivity index (χ0v) is 8.85. The maximum atomic E-state index is 5.69. The molecular weight excluding hydrogens is 192 g/mol. The van der Waals surface area contributed by atoms with Crippen LogP contribution in [-0.2, 0) is 0 Å². The number of nitrogens with zero attached hydrogens (tertiary/aromatic N) is 4. The fourth-order valence-electron chi connectivity index (χ4n) is 1.50. The molecule has 0 aromatic carbocycles. The highest BCUT2D eigenvalue weighted by Gasteiger charge is 2.14. The average Bonchev–Trinajstić information content (AvgIpc) is 2.25. The van der Waals surface area contributed by atoms with Gasteiger partial charge in [-0.1, -0.05) is 0 Å². The van der Waals surface area contributed by atoms with Crippen LogP contribution in [0.25, 0.3) is 0 Å². The molecule has 0 atom stereocenters. The number of anilines is 2. The fraction of sp³-hybridized carbons (Fsp3) is 0.556. The first-order valence-corrected chi connectivity index (χ1v) is 5.02. The highest BCUT2D eigenvalue weighted by molar-refractivity contribution is 5.54. The van der Waals surface area contributed by atoms with E-state index in [1.165, 1.54) is 0 Å². The summed E-state index contributed by atoms with van der Waals surface area (Å²) in [5.74, 6) is 1.08. The van der Waals surface area contributed by atoms with E-state index in [9.17, 15) is 0 Å². The van der Waals surface area contributed by atoms with E-state index in [1.54, 1.807) is 12.4 Å². The van der Waals surface area contributed by atoms with E-state index in [4.69, 9.17) is 5.73 Å². The van der Waals surface area contributed by atoms with Gasteiger partial charge in [-0.05, 0) is 7.05 Å². The van der Waals surface area contributed by atoms with Gasteiger partial charge >= 0.3 is 0 Å². The van der Waals surface area contributed by atoms with Gasteiger partial charge in [0.05, 0.1) is 0 Å². The molecule has 15 heavy (non-hydrogen) atoms. The molecule has 0 radical (unpaired) electrons. The van der Waals surface area contributed by atoms with E-state index in [2.05, 4.69) is 32.4 Å². The van der Waals surface area contributed by atoms with Crippen molar-refractivity contribution < 1.29 is 0 Å². The number of nitrogens with two attached hydrogens (primary N) is 1. The predicted molar refractivity (Wildman–Crippen MR) is 59.1 cm³/mol. The third-order valence-electron chi connectivity index (χ3n) is 2.49. The van der Waals surface area contributed by atoms with Crippen LogP contribution in [-0.4, -0.2) is 53.1 Å². The number of hydrazine groups is 1. The number of rotatable bonds is 2. The van der Waals surface area contributed by atoms with Crippen molar-refractivity contribution in [2.24, 2.45) is 0 Å². The molecule has 1 aromatic rings. The lowest BCUT2D eigenvalue weighted by Gasteiger charge is -2.32. The third-order valence-corrected chi connectivity index (χ3v) is 2.49. The molecule has 0 bridgehead atoms. The van der Waals surface area contributed by atoms with Gasteiger partial charge in [0.2, 0.25) is 0 Å². The van der Waals surface area contributed by atoms with Crippen molar-refractivity contribution in [1.29, 1.82) is 0 Å². The number of piperazine rings is 1. The highest BCUT2D eigenvalue weighted by atomic mass is 15.5. The SMILES string of the molecule is CN1CCN(Nc2nccnc2N)CC1. The summed E-state index contributed by atoms with van der Waals surface area (Å²) in [6.07, 6.45) is 3.22. The highest BCUT2D eigenvalue weighted by Crippen LogP contribution is 2.11. The summed E-state index contributed by atoms with van der Waals surface area (Å²) in [5, 5.41) is 2.11. The quantitative estimate of drug-likeness (QED) is 0.691. The van der Waals surface area contributed by atoms with Crippen LogP contribution >= 0.6 is 0 Å². The van der Waals surface area contributed by atoms with Crippen LogP contribution in [0.1, 0.15) is 0 Å². The molecule has 0 amide bonds. The van der Waals surface area contributed by atoms with Gasteiger partial charge in [0, 0.05) is 38.6 Å². The molecule has 0 spiro atoms. The summed E-state index contributed by atoms with van der Waals surface area (Å²) in [4.78, 5) is 10.4. The molecule has 0 aliphatic carbocycles. The zero-order valence-electron chi connectivity index (χ0n) is 8.85. The summed E-state index contributed by atoms with van der Waals surface area (Å²) < 4.78 is 0. The molecule has 3 N–H and O–H groups in total. The van der Waals surface area contributed by atoms with Gasteiger partial charge in [0.25, 0.3) is 0 Å². The van der Waals surface area contributed by atoms with Gasteiger partial charge in [-0.2, -0.15) is 0 Å². The predicted octanol–water partition coefficient (Wildman–Crippen LogP) is -0.367. The number of likely N-dealkylation sites (N-methyl/N-ethyl adjacent to an activating group) is 1. The Morgan fingerprint density at radius 2 is 1.87 bits per heavy atom. The Morgan fingerprint density at radius 1 is 1.20 bits per heavy atom. The minimum atomic E-state index is 0.441. The van der Waals surface area contributed by atoms with Crippen LogP contribution < -0.4 is 11.2 Å². The van der Waals surface area contributed by atoms with Gasteiger partial charge in [-0.15, -0.1) is 0 Å². The summed E-state index contributed by atoms with van der Waals surface area (Å²) >= 11 is 0. The molecule has 6 nitrogen and oxygen atoms in total. The minimum absolute atomic E-state index is 0.441. The molecule has 1 aliphatic rings. The molecule has 2 heterocycles. The van der Waals surface area contributed by atoms with E-state index < -0.39 is 0 Å². The second-order valence-corrected chi connectivity index (χ2v) is 3.69. The molecule has 0 unspecified atom stereocenters. The normalized spacial score (nSPS) is 19.0. The maximum Gasteiger partial charge on any atom is 0.183 e. The van der Waals surface area contributed by atoms with Gasteiger partial charge in [-0.25, -0.2) is 15.0 Å². The number of nitrogen functional groups attached to an aromatic ring is 1. The Kier molecular flexibility index (Phi) is 2.98. The van der Waals surface area contributed by atoms with Gasteiger partial charge < -0.3 is 10.6 Å². The molecule has 1 saturated heterocycles. The lowest BCUT2D eigenvalue weighted by molar-refractivity contribution is 0.178. The monoisotopic (exact) mass is 208 g/mol. The first kappa shape index (κ1) is 10.1. The fourth-order valence-corrected chi connectivity index (χ4v) is 1.50. The van der Waals surface area contributed by atoms with Crippen molar-refractivity contribution in [3.63, 3.8) is 0 Å². The Balaban J connectivity index is 1.95. The second kappa shape index (κ2) is 4.41. The molecule has 2 rings (SSSR count). The van der Waals surface area contributed by atoms with Crippen molar-refractivity contribution in [3.05, 3.63) is 12.4 Å². The summed E-state index contributed by atoms with van der Waals surface area (Å²) in [7, 11) is 2.12. The standard InChI is InChI=1S/C9H16N6/c1-14-4-6-15(7-5-14)13-9-8(10)11-2-3-12-9/h2-3H,4-7H2,1H3,(H2,10,11)(H,12,13). The molecule has 82 valence electrons. The van der Waals surface area contributed by atoms with Gasteiger partial charge in [0.15, 0.2) is 11.6 Å². The molecular formula is C9H16N6. The van der Waals surface area contributed by atoms with Crippen LogP contribution in [0, 0.1) is 0 Å². The first-order valence-electron chi connectivity index (χ1n) is 5.02. The van der Waals surface area contributed by atoms with Crippen molar-refractivity contribution in [3.8, 4) is 0 Å². The number of aromatic nitrogens is 2. The first-order chi connectivity index (χ1) is 7.25. The Hall–Kier alpha value is -1.40. The summed E-state index contributed by atoms with van der Waals surface area (Å²) in [6, 6.07) is 0. The van der Waals surface area contributed by atoms with E-state index >= 15 is 0 Å². The molecule has 6 heteroatoms. The van der Waals surface area contributed by atoms with E-state index in [0.717, 1.165) is 26.2 Å². The largest absolute Gasteiger partial charge is 0.381 e. The second-order valence-electron chi connectivity index (χ2n) is 3.69. The number of hydrogen-bond donors (Lipinski definition) is 2.